The highest BCUT2D eigenvalue weighted by Crippen LogP contribution is 2.37. The van der Waals surface area contributed by atoms with Gasteiger partial charge in [-0.05, 0) is 52.3 Å². The molecule has 1 N–H and O–H groups in total. The fourth-order valence-corrected chi connectivity index (χ4v) is 5.60. The Morgan fingerprint density at radius 2 is 1.18 bits per heavy atom. The molecule has 0 unspecified atom stereocenters. The van der Waals surface area contributed by atoms with Crippen LogP contribution in [-0.4, -0.2) is 16.4 Å². The summed E-state index contributed by atoms with van der Waals surface area (Å²) in [5.74, 6) is 2.51. The van der Waals surface area contributed by atoms with E-state index in [9.17, 15) is 0 Å². The maximum absolute atomic E-state index is 5.55. The standard InChI is InChI=1S/C36H49N4/c1-10-11-23-37-36-33(28-17-13-12-14-18-28)39(34-29(24(2)3)19-15-20-30(34)25(4)5)38-40(36)35-31(26(6)7)21-16-22-32(35)27(8)9/h12-22,24-27,37H,10-11,23H2,1-9H3/q+1. The number of hydrogen-bond acceptors (Lipinski definition) is 2. The number of unbranched alkanes of at least 4 members (excludes halogenated alkanes) is 1. The summed E-state index contributed by atoms with van der Waals surface area (Å²) >= 11 is 0. The topological polar surface area (TPSA) is 33.7 Å². The lowest BCUT2D eigenvalue weighted by Gasteiger charge is -2.18. The van der Waals surface area contributed by atoms with Gasteiger partial charge in [-0.25, -0.2) is 0 Å². The van der Waals surface area contributed by atoms with E-state index < -0.39 is 0 Å². The maximum atomic E-state index is 5.55. The molecule has 212 valence electrons. The van der Waals surface area contributed by atoms with Crippen molar-refractivity contribution in [2.24, 2.45) is 0 Å². The average molecular weight is 538 g/mol. The Balaban J connectivity index is 2.20. The third-order valence-electron chi connectivity index (χ3n) is 7.81. The molecule has 4 heteroatoms. The van der Waals surface area contributed by atoms with Crippen LogP contribution in [-0.2, 0) is 0 Å². The molecule has 0 aliphatic carbocycles. The molecule has 0 aliphatic rings. The molecule has 40 heavy (non-hydrogen) atoms. The zero-order valence-corrected chi connectivity index (χ0v) is 26.1. The van der Waals surface area contributed by atoms with Crippen molar-refractivity contribution in [2.45, 2.75) is 98.8 Å². The number of benzene rings is 3. The average Bonchev–Trinajstić information content (AvgIpc) is 3.31. The molecular weight excluding hydrogens is 488 g/mol. The first kappa shape index (κ1) is 29.6. The van der Waals surface area contributed by atoms with Crippen molar-refractivity contribution in [1.82, 2.24) is 9.90 Å². The second-order valence-electron chi connectivity index (χ2n) is 12.2. The monoisotopic (exact) mass is 537 g/mol. The molecule has 4 nitrogen and oxygen atoms in total. The third-order valence-corrected chi connectivity index (χ3v) is 7.81. The highest BCUT2D eigenvalue weighted by Gasteiger charge is 2.34. The first-order valence-corrected chi connectivity index (χ1v) is 15.3. The Labute approximate surface area is 242 Å². The molecule has 4 rings (SSSR count). The number of nitrogens with zero attached hydrogens (tertiary/aromatic N) is 3. The minimum absolute atomic E-state index is 0.362. The van der Waals surface area contributed by atoms with E-state index in [1.807, 2.05) is 0 Å². The fourth-order valence-electron chi connectivity index (χ4n) is 5.60. The first-order valence-electron chi connectivity index (χ1n) is 15.3. The Bertz CT molecular complexity index is 1360. The summed E-state index contributed by atoms with van der Waals surface area (Å²) < 4.78 is 4.47. The normalized spacial score (nSPS) is 11.8. The predicted octanol–water partition coefficient (Wildman–Crippen LogP) is 9.52. The molecule has 0 saturated heterocycles. The molecule has 0 aliphatic heterocycles. The van der Waals surface area contributed by atoms with Gasteiger partial charge in [-0.1, -0.05) is 135 Å². The number of anilines is 1. The Hall–Kier alpha value is -3.40. The molecule has 4 aromatic rings. The van der Waals surface area contributed by atoms with E-state index in [0.29, 0.717) is 23.7 Å². The molecule has 0 spiro atoms. The smallest absolute Gasteiger partial charge is 0.288 e. The summed E-state index contributed by atoms with van der Waals surface area (Å²) in [6.45, 7) is 21.4. The summed E-state index contributed by atoms with van der Waals surface area (Å²) in [6, 6.07) is 24.3. The van der Waals surface area contributed by atoms with Gasteiger partial charge in [0.15, 0.2) is 0 Å². The van der Waals surface area contributed by atoms with E-state index >= 15 is 0 Å². The van der Waals surface area contributed by atoms with E-state index in [-0.39, 0.29) is 0 Å². The van der Waals surface area contributed by atoms with Gasteiger partial charge in [-0.2, -0.15) is 0 Å². The molecular formula is C36H49N4+. The van der Waals surface area contributed by atoms with Crippen molar-refractivity contribution in [3.63, 3.8) is 0 Å². The second-order valence-corrected chi connectivity index (χ2v) is 12.2. The summed E-state index contributed by atoms with van der Waals surface area (Å²) in [7, 11) is 0. The van der Waals surface area contributed by atoms with Gasteiger partial charge in [-0.3, -0.25) is 0 Å². The van der Waals surface area contributed by atoms with Crippen LogP contribution in [0.1, 0.15) is 121 Å². The van der Waals surface area contributed by atoms with Crippen LogP contribution in [0, 0.1) is 0 Å². The molecule has 1 aromatic heterocycles. The molecule has 0 fully saturated rings. The first-order chi connectivity index (χ1) is 19.2. The molecule has 0 amide bonds. The van der Waals surface area contributed by atoms with Gasteiger partial charge in [0.05, 0.1) is 6.54 Å². The Morgan fingerprint density at radius 3 is 1.65 bits per heavy atom. The zero-order valence-electron chi connectivity index (χ0n) is 26.1. The van der Waals surface area contributed by atoms with Crippen LogP contribution < -0.4 is 10.00 Å². The van der Waals surface area contributed by atoms with Gasteiger partial charge < -0.3 is 5.32 Å². The van der Waals surface area contributed by atoms with E-state index in [1.165, 1.54) is 33.6 Å². The van der Waals surface area contributed by atoms with Crippen LogP contribution in [0.2, 0.25) is 0 Å². The number of hydrogen-bond donors (Lipinski definition) is 1. The fraction of sp³-hybridized carbons (Fsp3) is 0.444. The van der Waals surface area contributed by atoms with E-state index in [1.54, 1.807) is 0 Å². The van der Waals surface area contributed by atoms with Crippen molar-refractivity contribution in [1.29, 1.82) is 0 Å². The molecule has 0 atom stereocenters. The lowest BCUT2D eigenvalue weighted by Crippen LogP contribution is -2.39. The quantitative estimate of drug-likeness (QED) is 0.153. The summed E-state index contributed by atoms with van der Waals surface area (Å²) in [4.78, 5) is 0. The molecule has 0 saturated carbocycles. The predicted molar refractivity (Wildman–Crippen MR) is 170 cm³/mol. The molecule has 3 aromatic carbocycles. The van der Waals surface area contributed by atoms with Crippen LogP contribution >= 0.6 is 0 Å². The van der Waals surface area contributed by atoms with Crippen molar-refractivity contribution >= 4 is 5.82 Å². The molecule has 1 heterocycles. The highest BCUT2D eigenvalue weighted by atomic mass is 15.5. The number of aromatic nitrogens is 3. The van der Waals surface area contributed by atoms with Crippen molar-refractivity contribution in [2.75, 3.05) is 11.9 Å². The number of rotatable bonds is 11. The summed E-state index contributed by atoms with van der Waals surface area (Å²) in [6.07, 6.45) is 2.23. The maximum Gasteiger partial charge on any atom is 0.288 e. The van der Waals surface area contributed by atoms with Gasteiger partial charge in [0.1, 0.15) is 11.4 Å². The number of para-hydroxylation sites is 2. The van der Waals surface area contributed by atoms with E-state index in [4.69, 9.17) is 5.21 Å². The van der Waals surface area contributed by atoms with Crippen molar-refractivity contribution in [3.05, 3.63) is 89.0 Å². The highest BCUT2D eigenvalue weighted by molar-refractivity contribution is 5.73. The largest absolute Gasteiger partial charge is 0.301 e. The molecule has 0 bridgehead atoms. The van der Waals surface area contributed by atoms with Gasteiger partial charge in [0.25, 0.3) is 5.82 Å². The summed E-state index contributed by atoms with van der Waals surface area (Å²) in [5, 5.41) is 9.43. The Morgan fingerprint density at radius 1 is 0.675 bits per heavy atom. The van der Waals surface area contributed by atoms with Gasteiger partial charge in [-0.15, -0.1) is 9.36 Å². The van der Waals surface area contributed by atoms with Crippen LogP contribution in [0.3, 0.4) is 0 Å². The van der Waals surface area contributed by atoms with Crippen LogP contribution in [0.25, 0.3) is 22.6 Å². The third kappa shape index (κ3) is 5.87. The van der Waals surface area contributed by atoms with Gasteiger partial charge in [0, 0.05) is 10.8 Å². The van der Waals surface area contributed by atoms with Crippen LogP contribution in [0.4, 0.5) is 5.82 Å². The van der Waals surface area contributed by atoms with Gasteiger partial charge in [0.2, 0.25) is 5.69 Å². The Kier molecular flexibility index (Phi) is 9.50. The second kappa shape index (κ2) is 12.8. The minimum Gasteiger partial charge on any atom is -0.301 e. The lowest BCUT2D eigenvalue weighted by molar-refractivity contribution is -0.648. The SMILES string of the molecule is CCCCNc1c(-c2ccccc2)n(-c2c(C(C)C)cccc2C(C)C)n[n+]1-c1c(C(C)C)cccc1C(C)C. The minimum atomic E-state index is 0.362. The lowest BCUT2D eigenvalue weighted by atomic mass is 9.92. The van der Waals surface area contributed by atoms with Crippen LogP contribution in [0.5, 0.6) is 0 Å². The van der Waals surface area contributed by atoms with E-state index in [2.05, 4.69) is 144 Å². The van der Waals surface area contributed by atoms with E-state index in [0.717, 1.165) is 36.5 Å². The van der Waals surface area contributed by atoms with Gasteiger partial charge >= 0.3 is 0 Å². The number of nitrogens with one attached hydrogen (secondary N) is 1. The van der Waals surface area contributed by atoms with Crippen LogP contribution in [0.15, 0.2) is 66.7 Å². The molecule has 0 radical (unpaired) electrons. The zero-order chi connectivity index (χ0) is 29.0. The van der Waals surface area contributed by atoms with Crippen molar-refractivity contribution < 1.29 is 4.68 Å². The van der Waals surface area contributed by atoms with Crippen molar-refractivity contribution in [3.8, 4) is 22.6 Å². The summed E-state index contributed by atoms with van der Waals surface area (Å²) in [5.41, 5.74) is 9.96.